The van der Waals surface area contributed by atoms with Crippen LogP contribution in [0.4, 0.5) is 0 Å². The Balaban J connectivity index is 2.24. The highest BCUT2D eigenvalue weighted by molar-refractivity contribution is 5.59. The molecule has 0 spiro atoms. The van der Waals surface area contributed by atoms with Crippen LogP contribution >= 0.6 is 0 Å². The maximum absolute atomic E-state index is 10.6. The van der Waals surface area contributed by atoms with Crippen molar-refractivity contribution in [3.05, 3.63) is 17.9 Å². The lowest BCUT2D eigenvalue weighted by molar-refractivity contribution is -0.443. The molecule has 0 bridgehead atoms. The van der Waals surface area contributed by atoms with Crippen LogP contribution in [0, 0.1) is 5.21 Å². The molecule has 0 N–H and O–H groups in total. The van der Waals surface area contributed by atoms with Crippen LogP contribution in [-0.2, 0) is 4.74 Å². The van der Waals surface area contributed by atoms with Crippen LogP contribution in [0.15, 0.2) is 12.7 Å². The van der Waals surface area contributed by atoms with Gasteiger partial charge in [-0.3, -0.25) is 0 Å². The van der Waals surface area contributed by atoms with Gasteiger partial charge in [-0.1, -0.05) is 6.08 Å². The summed E-state index contributed by atoms with van der Waals surface area (Å²) in [5.74, 6) is 0. The average Bonchev–Trinajstić information content (AvgIpc) is 2.31. The number of hydrogen-bond donors (Lipinski definition) is 0. The van der Waals surface area contributed by atoms with E-state index in [1.54, 1.807) is 12.3 Å². The average molecular weight is 141 g/mol. The minimum Gasteiger partial charge on any atom is -0.624 e. The lowest BCUT2D eigenvalue weighted by Crippen LogP contribution is -2.10. The maximum Gasteiger partial charge on any atom is 0.180 e. The highest BCUT2D eigenvalue weighted by Crippen LogP contribution is 2.02. The molecule has 1 aliphatic heterocycles. The lowest BCUT2D eigenvalue weighted by atomic mass is 10.3. The zero-order valence-electron chi connectivity index (χ0n) is 5.82. The van der Waals surface area contributed by atoms with Crippen molar-refractivity contribution in [1.29, 1.82) is 0 Å². The summed E-state index contributed by atoms with van der Waals surface area (Å²) in [6.07, 6.45) is 4.05. The summed E-state index contributed by atoms with van der Waals surface area (Å²) in [6, 6.07) is 0. The van der Waals surface area contributed by atoms with Crippen molar-refractivity contribution in [2.24, 2.45) is 0 Å². The molecule has 1 aliphatic rings. The summed E-state index contributed by atoms with van der Waals surface area (Å²) in [7, 11) is 0. The van der Waals surface area contributed by atoms with Gasteiger partial charge in [0, 0.05) is 6.42 Å². The van der Waals surface area contributed by atoms with Gasteiger partial charge < -0.3 is 9.94 Å². The van der Waals surface area contributed by atoms with E-state index in [9.17, 15) is 5.21 Å². The van der Waals surface area contributed by atoms with Crippen LogP contribution in [0.1, 0.15) is 6.42 Å². The molecule has 3 heteroatoms. The molecule has 0 aromatic heterocycles. The summed E-state index contributed by atoms with van der Waals surface area (Å²) in [5.41, 5.74) is 0. The van der Waals surface area contributed by atoms with Gasteiger partial charge >= 0.3 is 0 Å². The zero-order valence-corrected chi connectivity index (χ0v) is 5.82. The van der Waals surface area contributed by atoms with Crippen molar-refractivity contribution in [2.75, 3.05) is 13.2 Å². The second kappa shape index (κ2) is 3.37. The fraction of sp³-hybridized carbons (Fsp3) is 0.571. The first-order chi connectivity index (χ1) is 4.83. The number of rotatable bonds is 3. The van der Waals surface area contributed by atoms with Crippen molar-refractivity contribution in [3.8, 4) is 0 Å². The van der Waals surface area contributed by atoms with Crippen LogP contribution < -0.4 is 0 Å². The molecule has 1 rings (SSSR count). The Morgan fingerprint density at radius 2 is 2.70 bits per heavy atom. The van der Waals surface area contributed by atoms with Gasteiger partial charge in [-0.05, 0) is 0 Å². The molecule has 3 nitrogen and oxygen atoms in total. The lowest BCUT2D eigenvalue weighted by Gasteiger charge is -2.00. The molecule has 0 saturated heterocycles. The summed E-state index contributed by atoms with van der Waals surface area (Å²) < 4.78 is 6.12. The summed E-state index contributed by atoms with van der Waals surface area (Å²) in [4.78, 5) is 0. The molecule has 56 valence electrons. The first-order valence-electron chi connectivity index (χ1n) is 3.34. The molecular formula is C7H11NO2. The van der Waals surface area contributed by atoms with Crippen molar-refractivity contribution in [3.63, 3.8) is 0 Å². The van der Waals surface area contributed by atoms with Gasteiger partial charge in [0.2, 0.25) is 0 Å². The van der Waals surface area contributed by atoms with Crippen LogP contribution in [0.2, 0.25) is 0 Å². The normalized spacial score (nSPS) is 24.4. The fourth-order valence-electron chi connectivity index (χ4n) is 0.907. The molecule has 0 aliphatic carbocycles. The van der Waals surface area contributed by atoms with E-state index in [2.05, 4.69) is 6.58 Å². The number of nitrogens with zero attached hydrogens (tertiary/aromatic N) is 1. The summed E-state index contributed by atoms with van der Waals surface area (Å²) in [6.45, 7) is 4.59. The molecule has 0 aromatic carbocycles. The van der Waals surface area contributed by atoms with E-state index in [0.717, 1.165) is 11.2 Å². The van der Waals surface area contributed by atoms with E-state index in [4.69, 9.17) is 4.74 Å². The van der Waals surface area contributed by atoms with Gasteiger partial charge in [0.25, 0.3) is 0 Å². The van der Waals surface area contributed by atoms with Crippen molar-refractivity contribution in [2.45, 2.75) is 12.5 Å². The summed E-state index contributed by atoms with van der Waals surface area (Å²) in [5, 5.41) is 10.6. The Morgan fingerprint density at radius 3 is 3.20 bits per heavy atom. The maximum atomic E-state index is 10.6. The quantitative estimate of drug-likeness (QED) is 0.326. The summed E-state index contributed by atoms with van der Waals surface area (Å²) >= 11 is 0. The van der Waals surface area contributed by atoms with E-state index < -0.39 is 0 Å². The predicted octanol–water partition coefficient (Wildman–Crippen LogP) is 0.542. The van der Waals surface area contributed by atoms with E-state index >= 15 is 0 Å². The van der Waals surface area contributed by atoms with Crippen molar-refractivity contribution >= 4 is 6.21 Å². The van der Waals surface area contributed by atoms with Crippen LogP contribution in [0.5, 0.6) is 0 Å². The third-order valence-electron chi connectivity index (χ3n) is 1.39. The smallest absolute Gasteiger partial charge is 0.180 e. The van der Waals surface area contributed by atoms with Gasteiger partial charge in [-0.15, -0.1) is 6.58 Å². The Kier molecular flexibility index (Phi) is 2.45. The zero-order chi connectivity index (χ0) is 7.40. The Bertz CT molecular complexity index is 154. The van der Waals surface area contributed by atoms with Gasteiger partial charge in [-0.2, -0.15) is 0 Å². The monoisotopic (exact) mass is 141 g/mol. The number of ether oxygens (including phenoxy) is 1. The SMILES string of the molecule is C=CCO[C@@H]1C=[N+]([O-])CC1. The van der Waals surface area contributed by atoms with E-state index in [-0.39, 0.29) is 6.10 Å². The molecule has 1 heterocycles. The second-order valence-corrected chi connectivity index (χ2v) is 2.24. The predicted molar refractivity (Wildman–Crippen MR) is 39.1 cm³/mol. The van der Waals surface area contributed by atoms with Crippen LogP contribution in [0.25, 0.3) is 0 Å². The molecular weight excluding hydrogens is 130 g/mol. The molecule has 10 heavy (non-hydrogen) atoms. The second-order valence-electron chi connectivity index (χ2n) is 2.24. The minimum absolute atomic E-state index is 0.00972. The largest absolute Gasteiger partial charge is 0.624 e. The minimum atomic E-state index is 0.00972. The van der Waals surface area contributed by atoms with Crippen molar-refractivity contribution in [1.82, 2.24) is 0 Å². The Labute approximate surface area is 60.2 Å². The van der Waals surface area contributed by atoms with Crippen LogP contribution in [0.3, 0.4) is 0 Å². The highest BCUT2D eigenvalue weighted by atomic mass is 16.5. The molecule has 0 unspecified atom stereocenters. The van der Waals surface area contributed by atoms with E-state index in [1.165, 1.54) is 0 Å². The number of hydrogen-bond acceptors (Lipinski definition) is 2. The highest BCUT2D eigenvalue weighted by Gasteiger charge is 2.17. The molecule has 0 saturated carbocycles. The van der Waals surface area contributed by atoms with Gasteiger partial charge in [-0.25, -0.2) is 4.74 Å². The van der Waals surface area contributed by atoms with Gasteiger partial charge in [0.05, 0.1) is 6.61 Å². The fourth-order valence-corrected chi connectivity index (χ4v) is 0.907. The standard InChI is InChI=1S/C7H11NO2/c1-2-5-10-7-3-4-8(9)6-7/h2,6-7H,1,3-5H2/t7-/m0/s1. The van der Waals surface area contributed by atoms with Gasteiger partial charge in [0.15, 0.2) is 12.8 Å². The van der Waals surface area contributed by atoms with E-state index in [0.29, 0.717) is 13.2 Å². The third-order valence-corrected chi connectivity index (χ3v) is 1.39. The van der Waals surface area contributed by atoms with Gasteiger partial charge in [0.1, 0.15) is 6.10 Å². The number of hydroxylamine groups is 1. The topological polar surface area (TPSA) is 35.3 Å². The molecule has 1 atom stereocenters. The molecule has 0 aromatic rings. The molecule has 0 fully saturated rings. The molecule has 0 radical (unpaired) electrons. The first-order valence-corrected chi connectivity index (χ1v) is 3.34. The Hall–Kier alpha value is -0.830. The Morgan fingerprint density at radius 1 is 1.90 bits per heavy atom. The molecule has 0 amide bonds. The third kappa shape index (κ3) is 1.84. The first kappa shape index (κ1) is 7.28. The van der Waals surface area contributed by atoms with Crippen molar-refractivity contribution < 1.29 is 9.48 Å². The van der Waals surface area contributed by atoms with E-state index in [1.807, 2.05) is 0 Å². The van der Waals surface area contributed by atoms with Crippen LogP contribution in [-0.4, -0.2) is 30.2 Å².